The number of nitrogens with one attached hydrogen (secondary N) is 1. The quantitative estimate of drug-likeness (QED) is 0.225. The van der Waals surface area contributed by atoms with Crippen molar-refractivity contribution in [2.45, 2.75) is 34.1 Å². The summed E-state index contributed by atoms with van der Waals surface area (Å²) in [5.41, 5.74) is 2.72. The minimum atomic E-state index is -0.548. The highest BCUT2D eigenvalue weighted by molar-refractivity contribution is 7.15. The van der Waals surface area contributed by atoms with E-state index >= 15 is 0 Å². The molecule has 182 valence electrons. The fourth-order valence-corrected chi connectivity index (χ4v) is 3.93. The average molecular weight is 493 g/mol. The second-order valence-corrected chi connectivity index (χ2v) is 8.60. The molecule has 9 heteroatoms. The molecule has 0 radical (unpaired) electrons. The molecule has 0 saturated carbocycles. The number of nitriles is 1. The fraction of sp³-hybridized carbons (Fsp3) is 0.308. The molecule has 3 rings (SSSR count). The maximum absolute atomic E-state index is 12.5. The van der Waals surface area contributed by atoms with Crippen LogP contribution in [0.4, 0.5) is 5.13 Å². The zero-order valence-electron chi connectivity index (χ0n) is 20.3. The molecule has 8 nitrogen and oxygen atoms in total. The monoisotopic (exact) mass is 492 g/mol. The first-order chi connectivity index (χ1) is 16.9. The molecule has 0 atom stereocenters. The third-order valence-electron chi connectivity index (χ3n) is 4.93. The summed E-state index contributed by atoms with van der Waals surface area (Å²) in [5.74, 6) is 1.39. The SMILES string of the molecule is CCOc1cc(/C=C(/C#N)C(=O)Nc2nnc(CC)s2)ccc1OCCOc1c(C)cccc1C. The number of amides is 1. The van der Waals surface area contributed by atoms with E-state index in [-0.39, 0.29) is 5.57 Å². The summed E-state index contributed by atoms with van der Waals surface area (Å²) in [6.45, 7) is 8.99. The van der Waals surface area contributed by atoms with Crippen molar-refractivity contribution in [1.29, 1.82) is 5.26 Å². The molecule has 0 saturated heterocycles. The molecule has 1 N–H and O–H groups in total. The summed E-state index contributed by atoms with van der Waals surface area (Å²) in [7, 11) is 0. The normalized spacial score (nSPS) is 11.0. The highest BCUT2D eigenvalue weighted by Gasteiger charge is 2.14. The number of hydrogen-bond donors (Lipinski definition) is 1. The smallest absolute Gasteiger partial charge is 0.268 e. The lowest BCUT2D eigenvalue weighted by molar-refractivity contribution is -0.112. The number of para-hydroxylation sites is 1. The second-order valence-electron chi connectivity index (χ2n) is 7.54. The van der Waals surface area contributed by atoms with Gasteiger partial charge in [-0.05, 0) is 62.1 Å². The summed E-state index contributed by atoms with van der Waals surface area (Å²) >= 11 is 1.28. The van der Waals surface area contributed by atoms with Gasteiger partial charge in [0, 0.05) is 0 Å². The summed E-state index contributed by atoms with van der Waals surface area (Å²) < 4.78 is 17.5. The average Bonchev–Trinajstić information content (AvgIpc) is 3.30. The van der Waals surface area contributed by atoms with Crippen molar-refractivity contribution in [3.05, 3.63) is 63.7 Å². The van der Waals surface area contributed by atoms with E-state index in [1.54, 1.807) is 18.2 Å². The number of nitrogens with zero attached hydrogens (tertiary/aromatic N) is 3. The summed E-state index contributed by atoms with van der Waals surface area (Å²) in [6, 6.07) is 13.2. The Labute approximate surface area is 209 Å². The van der Waals surface area contributed by atoms with Crippen LogP contribution >= 0.6 is 11.3 Å². The van der Waals surface area contributed by atoms with Gasteiger partial charge in [-0.15, -0.1) is 10.2 Å². The predicted molar refractivity (Wildman–Crippen MR) is 136 cm³/mol. The molecule has 0 aliphatic carbocycles. The lowest BCUT2D eigenvalue weighted by atomic mass is 10.1. The molecule has 0 spiro atoms. The lowest BCUT2D eigenvalue weighted by Gasteiger charge is -2.15. The van der Waals surface area contributed by atoms with Crippen LogP contribution in [0.5, 0.6) is 17.2 Å². The number of rotatable bonds is 11. The van der Waals surface area contributed by atoms with E-state index in [9.17, 15) is 10.1 Å². The van der Waals surface area contributed by atoms with E-state index in [1.165, 1.54) is 17.4 Å². The van der Waals surface area contributed by atoms with Gasteiger partial charge in [-0.3, -0.25) is 10.1 Å². The van der Waals surface area contributed by atoms with E-state index in [1.807, 2.05) is 52.0 Å². The molecule has 0 aliphatic heterocycles. The Bertz CT molecular complexity index is 1230. The minimum absolute atomic E-state index is 0.0589. The van der Waals surface area contributed by atoms with Gasteiger partial charge >= 0.3 is 0 Å². The van der Waals surface area contributed by atoms with E-state index in [0.717, 1.165) is 28.3 Å². The van der Waals surface area contributed by atoms with Crippen LogP contribution in [0.15, 0.2) is 42.0 Å². The van der Waals surface area contributed by atoms with Gasteiger partial charge in [-0.25, -0.2) is 0 Å². The lowest BCUT2D eigenvalue weighted by Crippen LogP contribution is -2.13. The van der Waals surface area contributed by atoms with Crippen LogP contribution in [0.1, 0.15) is 35.5 Å². The van der Waals surface area contributed by atoms with Gasteiger partial charge in [-0.1, -0.05) is 42.5 Å². The van der Waals surface area contributed by atoms with Crippen molar-refractivity contribution in [1.82, 2.24) is 10.2 Å². The first-order valence-corrected chi connectivity index (χ1v) is 12.1. The van der Waals surface area contributed by atoms with Crippen molar-refractivity contribution < 1.29 is 19.0 Å². The molecule has 0 fully saturated rings. The maximum Gasteiger partial charge on any atom is 0.268 e. The van der Waals surface area contributed by atoms with Gasteiger partial charge in [0.1, 0.15) is 35.6 Å². The van der Waals surface area contributed by atoms with Crippen molar-refractivity contribution in [3.8, 4) is 23.3 Å². The van der Waals surface area contributed by atoms with E-state index in [2.05, 4.69) is 15.5 Å². The standard InChI is InChI=1S/C26H28N4O4S/c1-5-23-29-30-26(35-23)28-25(31)20(16-27)14-19-10-11-21(22(15-19)32-6-2)33-12-13-34-24-17(3)8-7-9-18(24)4/h7-11,14-15H,5-6,12-13H2,1-4H3,(H,28,30,31)/b20-14-. The van der Waals surface area contributed by atoms with Crippen molar-refractivity contribution in [2.24, 2.45) is 0 Å². The fourth-order valence-electron chi connectivity index (χ4n) is 3.25. The second kappa shape index (κ2) is 12.5. The Morgan fingerprint density at radius 2 is 1.80 bits per heavy atom. The number of carbonyl (C=O) groups excluding carboxylic acids is 1. The zero-order chi connectivity index (χ0) is 25.2. The maximum atomic E-state index is 12.5. The number of ether oxygens (including phenoxy) is 3. The molecule has 1 aromatic heterocycles. The first-order valence-electron chi connectivity index (χ1n) is 11.3. The number of carbonyl (C=O) groups is 1. The molecular formula is C26H28N4O4S. The van der Waals surface area contributed by atoms with E-state index in [4.69, 9.17) is 14.2 Å². The molecule has 0 aliphatic rings. The Kier molecular flexibility index (Phi) is 9.21. The number of hydrogen-bond acceptors (Lipinski definition) is 8. The number of anilines is 1. The Morgan fingerprint density at radius 1 is 1.06 bits per heavy atom. The van der Waals surface area contributed by atoms with E-state index < -0.39 is 5.91 Å². The van der Waals surface area contributed by atoms with Gasteiger partial charge in [0.05, 0.1) is 6.61 Å². The third-order valence-corrected chi connectivity index (χ3v) is 5.91. The Morgan fingerprint density at radius 3 is 2.46 bits per heavy atom. The predicted octanol–water partition coefficient (Wildman–Crippen LogP) is 5.12. The molecule has 1 heterocycles. The summed E-state index contributed by atoms with van der Waals surface area (Å²) in [4.78, 5) is 12.5. The van der Waals surface area contributed by atoms with Gasteiger partial charge in [-0.2, -0.15) is 5.26 Å². The topological polar surface area (TPSA) is 106 Å². The molecular weight excluding hydrogens is 464 g/mol. The number of benzene rings is 2. The van der Waals surface area contributed by atoms with Crippen molar-refractivity contribution in [3.63, 3.8) is 0 Å². The van der Waals surface area contributed by atoms with Crippen LogP contribution in [0.3, 0.4) is 0 Å². The first kappa shape index (κ1) is 25.7. The molecule has 0 bridgehead atoms. The molecule has 3 aromatic rings. The van der Waals surface area contributed by atoms with Crippen molar-refractivity contribution in [2.75, 3.05) is 25.1 Å². The van der Waals surface area contributed by atoms with Crippen LogP contribution in [0.2, 0.25) is 0 Å². The van der Waals surface area contributed by atoms with Gasteiger partial charge in [0.25, 0.3) is 5.91 Å². The van der Waals surface area contributed by atoms with Crippen LogP contribution in [-0.4, -0.2) is 35.9 Å². The zero-order valence-corrected chi connectivity index (χ0v) is 21.1. The van der Waals surface area contributed by atoms with Crippen LogP contribution in [0.25, 0.3) is 6.08 Å². The van der Waals surface area contributed by atoms with Crippen molar-refractivity contribution >= 4 is 28.5 Å². The largest absolute Gasteiger partial charge is 0.490 e. The van der Waals surface area contributed by atoms with Crippen LogP contribution in [0, 0.1) is 25.2 Å². The van der Waals surface area contributed by atoms with Crippen LogP contribution < -0.4 is 19.5 Å². The van der Waals surface area contributed by atoms with Gasteiger partial charge in [0.15, 0.2) is 11.5 Å². The Balaban J connectivity index is 1.67. The molecule has 1 amide bonds. The summed E-state index contributed by atoms with van der Waals surface area (Å²) in [6.07, 6.45) is 2.22. The van der Waals surface area contributed by atoms with E-state index in [0.29, 0.717) is 42.0 Å². The Hall–Kier alpha value is -3.90. The minimum Gasteiger partial charge on any atom is -0.490 e. The number of aromatic nitrogens is 2. The van der Waals surface area contributed by atoms with Gasteiger partial charge in [0.2, 0.25) is 5.13 Å². The van der Waals surface area contributed by atoms with Gasteiger partial charge < -0.3 is 14.2 Å². The molecule has 35 heavy (non-hydrogen) atoms. The van der Waals surface area contributed by atoms with Crippen LogP contribution in [-0.2, 0) is 11.2 Å². The number of aryl methyl sites for hydroxylation is 3. The molecule has 0 unspecified atom stereocenters. The third kappa shape index (κ3) is 7.04. The molecule has 2 aromatic carbocycles. The highest BCUT2D eigenvalue weighted by atomic mass is 32.1. The summed E-state index contributed by atoms with van der Waals surface area (Å²) in [5, 5.41) is 21.2. The highest BCUT2D eigenvalue weighted by Crippen LogP contribution is 2.30.